The number of amides is 2. The molecule has 0 saturated carbocycles. The third-order valence-corrected chi connectivity index (χ3v) is 2.19. The highest BCUT2D eigenvalue weighted by atomic mass is 16.4. The van der Waals surface area contributed by atoms with Gasteiger partial charge in [-0.05, 0) is 41.5 Å². The summed E-state index contributed by atoms with van der Waals surface area (Å²) in [5.74, 6) is -1.44. The molecule has 0 aromatic carbocycles. The third kappa shape index (κ3) is 5.81. The molecule has 0 aliphatic heterocycles. The summed E-state index contributed by atoms with van der Waals surface area (Å²) in [5.41, 5.74) is -1.40. The van der Waals surface area contributed by atoms with E-state index in [0.29, 0.717) is 0 Å². The Morgan fingerprint density at radius 3 is 1.48 bits per heavy atom. The van der Waals surface area contributed by atoms with Gasteiger partial charge >= 0.3 is 0 Å². The monoisotopic (exact) mass is 294 g/mol. The van der Waals surface area contributed by atoms with E-state index in [4.69, 9.17) is 4.42 Å². The van der Waals surface area contributed by atoms with Crippen LogP contribution in [0, 0.1) is 0 Å². The lowest BCUT2D eigenvalue weighted by Gasteiger charge is -2.21. The van der Waals surface area contributed by atoms with Gasteiger partial charge < -0.3 is 15.1 Å². The molecule has 0 unspecified atom stereocenters. The SMILES string of the molecule is CC(C)(C)NC(=O)c1cc(=O)cc(C(=O)NC(C)(C)C)o1. The summed E-state index contributed by atoms with van der Waals surface area (Å²) >= 11 is 0. The fourth-order valence-electron chi connectivity index (χ4n) is 1.51. The summed E-state index contributed by atoms with van der Waals surface area (Å²) in [7, 11) is 0. The zero-order valence-electron chi connectivity index (χ0n) is 13.3. The Hall–Kier alpha value is -2.11. The van der Waals surface area contributed by atoms with E-state index in [1.54, 1.807) is 41.5 Å². The van der Waals surface area contributed by atoms with E-state index in [9.17, 15) is 14.4 Å². The van der Waals surface area contributed by atoms with Crippen LogP contribution in [0.1, 0.15) is 62.7 Å². The second-order valence-electron chi connectivity index (χ2n) is 6.93. The van der Waals surface area contributed by atoms with Crippen molar-refractivity contribution in [2.45, 2.75) is 52.6 Å². The normalized spacial score (nSPS) is 11.9. The highest BCUT2D eigenvalue weighted by Crippen LogP contribution is 2.08. The van der Waals surface area contributed by atoms with Gasteiger partial charge in [0.25, 0.3) is 11.8 Å². The Morgan fingerprint density at radius 2 is 1.19 bits per heavy atom. The Labute approximate surface area is 123 Å². The number of hydrogen-bond donors (Lipinski definition) is 2. The third-order valence-electron chi connectivity index (χ3n) is 2.19. The smallest absolute Gasteiger partial charge is 0.287 e. The first kappa shape index (κ1) is 16.9. The van der Waals surface area contributed by atoms with Gasteiger partial charge in [-0.1, -0.05) is 0 Å². The molecule has 1 aromatic heterocycles. The predicted molar refractivity (Wildman–Crippen MR) is 79.4 cm³/mol. The molecule has 116 valence electrons. The fraction of sp³-hybridized carbons (Fsp3) is 0.533. The highest BCUT2D eigenvalue weighted by molar-refractivity contribution is 5.95. The first-order chi connectivity index (χ1) is 9.37. The average Bonchev–Trinajstić information content (AvgIpc) is 2.23. The number of hydrogen-bond acceptors (Lipinski definition) is 4. The van der Waals surface area contributed by atoms with E-state index < -0.39 is 28.3 Å². The van der Waals surface area contributed by atoms with Gasteiger partial charge in [0.05, 0.1) is 0 Å². The Kier molecular flexibility index (Phi) is 4.61. The van der Waals surface area contributed by atoms with Crippen LogP contribution in [0.15, 0.2) is 21.3 Å². The number of rotatable bonds is 2. The van der Waals surface area contributed by atoms with E-state index in [2.05, 4.69) is 10.6 Å². The van der Waals surface area contributed by atoms with Crippen molar-refractivity contribution < 1.29 is 14.0 Å². The van der Waals surface area contributed by atoms with Crippen molar-refractivity contribution in [3.05, 3.63) is 33.9 Å². The van der Waals surface area contributed by atoms with Crippen LogP contribution in [-0.4, -0.2) is 22.9 Å². The maximum atomic E-state index is 12.0. The standard InChI is InChI=1S/C15H22N2O4/c1-14(2,3)16-12(19)10-7-9(18)8-11(21-10)13(20)17-15(4,5)6/h7-8H,1-6H3,(H,16,19)(H,17,20). The molecule has 6 heteroatoms. The van der Waals surface area contributed by atoms with Crippen LogP contribution >= 0.6 is 0 Å². The second-order valence-corrected chi connectivity index (χ2v) is 6.93. The molecule has 1 rings (SSSR count). The lowest BCUT2D eigenvalue weighted by Crippen LogP contribution is -2.42. The van der Waals surface area contributed by atoms with E-state index >= 15 is 0 Å². The molecule has 1 aromatic rings. The number of nitrogens with one attached hydrogen (secondary N) is 2. The summed E-state index contributed by atoms with van der Waals surface area (Å²) in [5, 5.41) is 5.35. The highest BCUT2D eigenvalue weighted by Gasteiger charge is 2.21. The van der Waals surface area contributed by atoms with E-state index in [1.807, 2.05) is 0 Å². The summed E-state index contributed by atoms with van der Waals surface area (Å²) in [6.45, 7) is 10.8. The minimum absolute atomic E-state index is 0.184. The second kappa shape index (κ2) is 5.71. The van der Waals surface area contributed by atoms with Crippen molar-refractivity contribution in [1.82, 2.24) is 10.6 Å². The lowest BCUT2D eigenvalue weighted by atomic mass is 10.1. The van der Waals surface area contributed by atoms with Crippen LogP contribution in [0.25, 0.3) is 0 Å². The van der Waals surface area contributed by atoms with Gasteiger partial charge in [-0.15, -0.1) is 0 Å². The van der Waals surface area contributed by atoms with Gasteiger partial charge in [-0.2, -0.15) is 0 Å². The fourth-order valence-corrected chi connectivity index (χ4v) is 1.51. The molecular formula is C15H22N2O4. The minimum atomic E-state index is -0.537. The van der Waals surface area contributed by atoms with Crippen molar-refractivity contribution in [1.29, 1.82) is 0 Å². The van der Waals surface area contributed by atoms with Crippen molar-refractivity contribution >= 4 is 11.8 Å². The molecule has 0 aliphatic rings. The van der Waals surface area contributed by atoms with Crippen molar-refractivity contribution in [3.63, 3.8) is 0 Å². The van der Waals surface area contributed by atoms with Gasteiger partial charge in [0, 0.05) is 23.2 Å². The zero-order chi connectivity index (χ0) is 16.4. The molecule has 0 radical (unpaired) electrons. The van der Waals surface area contributed by atoms with Gasteiger partial charge in [0.2, 0.25) is 0 Å². The summed E-state index contributed by atoms with van der Waals surface area (Å²) in [6.07, 6.45) is 0. The molecule has 1 heterocycles. The average molecular weight is 294 g/mol. The molecular weight excluding hydrogens is 272 g/mol. The van der Waals surface area contributed by atoms with Crippen LogP contribution in [0.4, 0.5) is 0 Å². The first-order valence-electron chi connectivity index (χ1n) is 6.68. The molecule has 0 fully saturated rings. The van der Waals surface area contributed by atoms with Crippen LogP contribution in [0.5, 0.6) is 0 Å². The molecule has 2 N–H and O–H groups in total. The van der Waals surface area contributed by atoms with Crippen molar-refractivity contribution in [2.24, 2.45) is 0 Å². The summed E-state index contributed by atoms with van der Waals surface area (Å²) in [4.78, 5) is 35.6. The van der Waals surface area contributed by atoms with Crippen LogP contribution < -0.4 is 16.1 Å². The van der Waals surface area contributed by atoms with E-state index in [0.717, 1.165) is 12.1 Å². The topological polar surface area (TPSA) is 88.4 Å². The van der Waals surface area contributed by atoms with Crippen molar-refractivity contribution in [3.8, 4) is 0 Å². The Morgan fingerprint density at radius 1 is 0.857 bits per heavy atom. The Balaban J connectivity index is 3.08. The first-order valence-corrected chi connectivity index (χ1v) is 6.68. The predicted octanol–water partition coefficient (Wildman–Crippen LogP) is 1.70. The van der Waals surface area contributed by atoms with Crippen LogP contribution in [0.2, 0.25) is 0 Å². The summed E-state index contributed by atoms with van der Waals surface area (Å²) < 4.78 is 5.25. The maximum absolute atomic E-state index is 12.0. The van der Waals surface area contributed by atoms with Gasteiger partial charge in [-0.25, -0.2) is 0 Å². The molecule has 2 amide bonds. The quantitative estimate of drug-likeness (QED) is 0.869. The molecule has 0 saturated heterocycles. The zero-order valence-corrected chi connectivity index (χ0v) is 13.3. The lowest BCUT2D eigenvalue weighted by molar-refractivity contribution is 0.0859. The van der Waals surface area contributed by atoms with E-state index in [-0.39, 0.29) is 11.5 Å². The van der Waals surface area contributed by atoms with Crippen LogP contribution in [0.3, 0.4) is 0 Å². The Bertz CT molecular complexity index is 554. The number of carbonyl (C=O) groups excluding carboxylic acids is 2. The van der Waals surface area contributed by atoms with Gasteiger partial charge in [0.1, 0.15) is 0 Å². The summed E-state index contributed by atoms with van der Waals surface area (Å²) in [6, 6.07) is 2.13. The van der Waals surface area contributed by atoms with Crippen LogP contribution in [-0.2, 0) is 0 Å². The van der Waals surface area contributed by atoms with Gasteiger partial charge in [-0.3, -0.25) is 14.4 Å². The molecule has 0 spiro atoms. The molecule has 6 nitrogen and oxygen atoms in total. The largest absolute Gasteiger partial charge is 0.445 e. The molecule has 0 aliphatic carbocycles. The van der Waals surface area contributed by atoms with Gasteiger partial charge in [0.15, 0.2) is 16.9 Å². The number of carbonyl (C=O) groups is 2. The molecule has 21 heavy (non-hydrogen) atoms. The van der Waals surface area contributed by atoms with Crippen molar-refractivity contribution in [2.75, 3.05) is 0 Å². The minimum Gasteiger partial charge on any atom is -0.445 e. The van der Waals surface area contributed by atoms with E-state index in [1.165, 1.54) is 0 Å². The molecule has 0 atom stereocenters. The maximum Gasteiger partial charge on any atom is 0.287 e. The molecule has 0 bridgehead atoms.